The van der Waals surface area contributed by atoms with Gasteiger partial charge in [0, 0.05) is 30.9 Å². The molecule has 1 atom stereocenters. The molecule has 3 heterocycles. The summed E-state index contributed by atoms with van der Waals surface area (Å²) in [6, 6.07) is 11.8. The molecular formula is C21H22FN3O2. The van der Waals surface area contributed by atoms with Crippen LogP contribution in [0.15, 0.2) is 48.7 Å². The van der Waals surface area contributed by atoms with Crippen molar-refractivity contribution in [2.45, 2.75) is 31.8 Å². The minimum absolute atomic E-state index is 0.0314. The number of carbonyl (C=O) groups is 1. The number of hydrogen-bond donors (Lipinski definition) is 1. The zero-order valence-electron chi connectivity index (χ0n) is 15.2. The highest BCUT2D eigenvalue weighted by Crippen LogP contribution is 2.29. The van der Waals surface area contributed by atoms with Crippen molar-refractivity contribution in [3.8, 4) is 5.75 Å². The summed E-state index contributed by atoms with van der Waals surface area (Å²) in [6.07, 6.45) is 3.01. The molecule has 1 saturated heterocycles. The molecule has 4 rings (SSSR count). The summed E-state index contributed by atoms with van der Waals surface area (Å²) in [7, 11) is 0. The molecule has 5 nitrogen and oxygen atoms in total. The first-order valence-electron chi connectivity index (χ1n) is 9.25. The van der Waals surface area contributed by atoms with Gasteiger partial charge in [-0.25, -0.2) is 4.39 Å². The fourth-order valence-electron chi connectivity index (χ4n) is 3.63. The van der Waals surface area contributed by atoms with Crippen LogP contribution in [0.2, 0.25) is 0 Å². The van der Waals surface area contributed by atoms with Crippen LogP contribution in [0.5, 0.6) is 5.75 Å². The number of likely N-dealkylation sites (tertiary alicyclic amines) is 1. The van der Waals surface area contributed by atoms with Crippen LogP contribution in [-0.4, -0.2) is 40.0 Å². The summed E-state index contributed by atoms with van der Waals surface area (Å²) in [5.41, 5.74) is 3.21. The summed E-state index contributed by atoms with van der Waals surface area (Å²) in [5, 5.41) is 0. The number of fused-ring (bicyclic) bond motifs is 1. The number of benzene rings is 1. The number of nitrogens with zero attached hydrogens (tertiary/aromatic N) is 2. The zero-order chi connectivity index (χ0) is 18.8. The van der Waals surface area contributed by atoms with E-state index in [2.05, 4.69) is 16.0 Å². The second-order valence-corrected chi connectivity index (χ2v) is 6.97. The van der Waals surface area contributed by atoms with Crippen molar-refractivity contribution in [3.63, 3.8) is 0 Å². The number of amides is 1. The first kappa shape index (κ1) is 17.5. The Hall–Kier alpha value is -2.89. The topological polar surface area (TPSA) is 58.2 Å². The Morgan fingerprint density at radius 2 is 2.00 bits per heavy atom. The quantitative estimate of drug-likeness (QED) is 0.761. The summed E-state index contributed by atoms with van der Waals surface area (Å²) in [6.45, 7) is 3.13. The maximum absolute atomic E-state index is 13.0. The summed E-state index contributed by atoms with van der Waals surface area (Å²) in [5.74, 6) is 0.543. The van der Waals surface area contributed by atoms with Crippen LogP contribution in [0.1, 0.15) is 31.4 Å². The van der Waals surface area contributed by atoms with Crippen LogP contribution >= 0.6 is 0 Å². The number of carbonyl (C=O) groups excluding carboxylic acids is 1. The number of rotatable bonds is 4. The van der Waals surface area contributed by atoms with E-state index in [4.69, 9.17) is 4.74 Å². The molecule has 0 radical (unpaired) electrons. The minimum atomic E-state index is -0.593. The van der Waals surface area contributed by atoms with Gasteiger partial charge in [-0.1, -0.05) is 0 Å². The van der Waals surface area contributed by atoms with Crippen molar-refractivity contribution in [2.75, 3.05) is 13.1 Å². The number of halogens is 1. The average Bonchev–Trinajstić information content (AvgIpc) is 3.13. The van der Waals surface area contributed by atoms with Gasteiger partial charge in [-0.15, -0.1) is 0 Å². The fraction of sp³-hybridized carbons (Fsp3) is 0.333. The fourth-order valence-corrected chi connectivity index (χ4v) is 3.63. The van der Waals surface area contributed by atoms with E-state index in [0.717, 1.165) is 23.9 Å². The second kappa shape index (κ2) is 7.39. The van der Waals surface area contributed by atoms with Crippen molar-refractivity contribution in [1.29, 1.82) is 0 Å². The third-order valence-corrected chi connectivity index (χ3v) is 5.13. The first-order chi connectivity index (χ1) is 13.1. The van der Waals surface area contributed by atoms with Gasteiger partial charge in [-0.05, 0) is 62.2 Å². The van der Waals surface area contributed by atoms with Gasteiger partial charge in [-0.3, -0.25) is 9.78 Å². The molecule has 3 aromatic rings. The van der Waals surface area contributed by atoms with E-state index in [1.54, 1.807) is 13.1 Å². The molecule has 1 aromatic carbocycles. The number of H-pyrrole nitrogens is 1. The van der Waals surface area contributed by atoms with E-state index in [9.17, 15) is 9.18 Å². The molecule has 1 amide bonds. The number of pyridine rings is 1. The van der Waals surface area contributed by atoms with Crippen molar-refractivity contribution in [3.05, 3.63) is 60.2 Å². The lowest BCUT2D eigenvalue weighted by Crippen LogP contribution is -2.44. The van der Waals surface area contributed by atoms with Crippen molar-refractivity contribution < 1.29 is 13.9 Å². The van der Waals surface area contributed by atoms with Gasteiger partial charge >= 0.3 is 0 Å². The van der Waals surface area contributed by atoms with Crippen LogP contribution < -0.4 is 4.74 Å². The van der Waals surface area contributed by atoms with Crippen LogP contribution in [0.4, 0.5) is 4.39 Å². The predicted octanol–water partition coefficient (Wildman–Crippen LogP) is 3.88. The lowest BCUT2D eigenvalue weighted by atomic mass is 9.93. The van der Waals surface area contributed by atoms with Gasteiger partial charge in [0.15, 0.2) is 6.10 Å². The van der Waals surface area contributed by atoms with Crippen LogP contribution in [0.25, 0.3) is 11.0 Å². The Balaban J connectivity index is 1.35. The predicted molar refractivity (Wildman–Crippen MR) is 101 cm³/mol. The molecule has 0 spiro atoms. The smallest absolute Gasteiger partial charge is 0.263 e. The largest absolute Gasteiger partial charge is 0.481 e. The Labute approximate surface area is 157 Å². The minimum Gasteiger partial charge on any atom is -0.481 e. The lowest BCUT2D eigenvalue weighted by Gasteiger charge is -2.33. The Morgan fingerprint density at radius 3 is 2.70 bits per heavy atom. The van der Waals surface area contributed by atoms with Crippen molar-refractivity contribution in [2.24, 2.45) is 0 Å². The Kier molecular flexibility index (Phi) is 4.79. The highest BCUT2D eigenvalue weighted by molar-refractivity contribution is 5.81. The molecule has 1 N–H and O–H groups in total. The molecule has 140 valence electrons. The molecule has 1 aliphatic heterocycles. The number of piperidine rings is 1. The third kappa shape index (κ3) is 3.79. The number of aromatic amines is 1. The summed E-state index contributed by atoms with van der Waals surface area (Å²) < 4.78 is 18.6. The SMILES string of the molecule is CC(Oc1ccc(F)cc1)C(=O)N1CCC(c2cc3ncccc3[nH]2)CC1. The summed E-state index contributed by atoms with van der Waals surface area (Å²) >= 11 is 0. The van der Waals surface area contributed by atoms with Gasteiger partial charge in [0.2, 0.25) is 0 Å². The monoisotopic (exact) mass is 367 g/mol. The van der Waals surface area contributed by atoms with Gasteiger partial charge in [-0.2, -0.15) is 0 Å². The molecule has 0 bridgehead atoms. The lowest BCUT2D eigenvalue weighted by molar-refractivity contribution is -0.139. The van der Waals surface area contributed by atoms with E-state index < -0.39 is 6.10 Å². The van der Waals surface area contributed by atoms with E-state index in [0.29, 0.717) is 24.8 Å². The van der Waals surface area contributed by atoms with E-state index in [1.165, 1.54) is 30.0 Å². The number of aromatic nitrogens is 2. The highest BCUT2D eigenvalue weighted by Gasteiger charge is 2.28. The van der Waals surface area contributed by atoms with Crippen molar-refractivity contribution >= 4 is 16.9 Å². The van der Waals surface area contributed by atoms with Gasteiger partial charge in [0.05, 0.1) is 11.0 Å². The summed E-state index contributed by atoms with van der Waals surface area (Å²) in [4.78, 5) is 22.3. The number of ether oxygens (including phenoxy) is 1. The zero-order valence-corrected chi connectivity index (χ0v) is 15.2. The molecule has 27 heavy (non-hydrogen) atoms. The molecule has 1 unspecified atom stereocenters. The molecule has 1 aliphatic rings. The van der Waals surface area contributed by atoms with Gasteiger partial charge < -0.3 is 14.6 Å². The molecule has 6 heteroatoms. The van der Waals surface area contributed by atoms with Gasteiger partial charge in [0.25, 0.3) is 5.91 Å². The first-order valence-corrected chi connectivity index (χ1v) is 9.25. The Bertz CT molecular complexity index is 897. The van der Waals surface area contributed by atoms with Gasteiger partial charge in [0.1, 0.15) is 11.6 Å². The standard InChI is InChI=1S/C21H22FN3O2/c1-14(27-17-6-4-16(22)5-7-17)21(26)25-11-8-15(9-12-25)19-13-20-18(24-19)3-2-10-23-20/h2-7,10,13-15,24H,8-9,11-12H2,1H3. The molecule has 0 aliphatic carbocycles. The van der Waals surface area contributed by atoms with Crippen LogP contribution in [0, 0.1) is 5.82 Å². The van der Waals surface area contributed by atoms with E-state index >= 15 is 0 Å². The number of hydrogen-bond acceptors (Lipinski definition) is 3. The molecular weight excluding hydrogens is 345 g/mol. The van der Waals surface area contributed by atoms with E-state index in [1.807, 2.05) is 17.0 Å². The van der Waals surface area contributed by atoms with E-state index in [-0.39, 0.29) is 11.7 Å². The maximum atomic E-state index is 13.0. The second-order valence-electron chi connectivity index (χ2n) is 6.97. The highest BCUT2D eigenvalue weighted by atomic mass is 19.1. The van der Waals surface area contributed by atoms with Crippen LogP contribution in [0.3, 0.4) is 0 Å². The maximum Gasteiger partial charge on any atom is 0.263 e. The third-order valence-electron chi connectivity index (χ3n) is 5.13. The Morgan fingerprint density at radius 1 is 1.26 bits per heavy atom. The average molecular weight is 367 g/mol. The molecule has 2 aromatic heterocycles. The molecule has 1 fully saturated rings. The van der Waals surface area contributed by atoms with Crippen LogP contribution in [-0.2, 0) is 4.79 Å². The molecule has 0 saturated carbocycles. The number of nitrogens with one attached hydrogen (secondary N) is 1. The normalized spacial score (nSPS) is 16.4. The van der Waals surface area contributed by atoms with Crippen molar-refractivity contribution in [1.82, 2.24) is 14.9 Å².